The van der Waals surface area contributed by atoms with Gasteiger partial charge < -0.3 is 15.2 Å². The summed E-state index contributed by atoms with van der Waals surface area (Å²) in [5.41, 5.74) is 9.49. The van der Waals surface area contributed by atoms with Crippen molar-refractivity contribution in [1.82, 2.24) is 20.1 Å². The van der Waals surface area contributed by atoms with Gasteiger partial charge in [0, 0.05) is 46.4 Å². The molecule has 6 nitrogen and oxygen atoms in total. The zero-order valence-electron chi connectivity index (χ0n) is 14.9. The second-order valence-electron chi connectivity index (χ2n) is 6.47. The van der Waals surface area contributed by atoms with Crippen LogP contribution in [0.4, 0.5) is 14.5 Å². The standard InChI is InChI=1S/C21H13F2N5O/c22-17-3-1-2-13(19(17)23)16-10-28-29-20(16)15-9-27-21-14(15)6-11(8-26-21)18-7-12(24)4-5-25-18/h1-10H,(H2,24,25)(H,26,27). The van der Waals surface area contributed by atoms with E-state index < -0.39 is 11.6 Å². The van der Waals surface area contributed by atoms with Gasteiger partial charge >= 0.3 is 0 Å². The van der Waals surface area contributed by atoms with Crippen molar-refractivity contribution in [3.8, 4) is 33.7 Å². The van der Waals surface area contributed by atoms with Crippen molar-refractivity contribution >= 4 is 16.7 Å². The maximum absolute atomic E-state index is 14.3. The Bertz CT molecular complexity index is 1360. The first-order valence-corrected chi connectivity index (χ1v) is 8.70. The third-order valence-corrected chi connectivity index (χ3v) is 4.67. The van der Waals surface area contributed by atoms with Gasteiger partial charge in [0.25, 0.3) is 0 Å². The van der Waals surface area contributed by atoms with Gasteiger partial charge in [-0.3, -0.25) is 4.98 Å². The fraction of sp³-hybridized carbons (Fsp3) is 0. The van der Waals surface area contributed by atoms with Crippen LogP contribution in [-0.2, 0) is 0 Å². The van der Waals surface area contributed by atoms with E-state index in [-0.39, 0.29) is 5.56 Å². The van der Waals surface area contributed by atoms with Gasteiger partial charge in [-0.15, -0.1) is 0 Å². The number of nitrogen functional groups attached to an aromatic ring is 1. The molecule has 0 unspecified atom stereocenters. The molecule has 29 heavy (non-hydrogen) atoms. The Morgan fingerprint density at radius 1 is 0.966 bits per heavy atom. The van der Waals surface area contributed by atoms with E-state index in [1.165, 1.54) is 18.3 Å². The van der Waals surface area contributed by atoms with Crippen molar-refractivity contribution in [3.63, 3.8) is 0 Å². The summed E-state index contributed by atoms with van der Waals surface area (Å²) in [6.45, 7) is 0. The average molecular weight is 389 g/mol. The summed E-state index contributed by atoms with van der Waals surface area (Å²) >= 11 is 0. The van der Waals surface area contributed by atoms with Crippen LogP contribution >= 0.6 is 0 Å². The Morgan fingerprint density at radius 3 is 2.72 bits per heavy atom. The highest BCUT2D eigenvalue weighted by molar-refractivity contribution is 5.97. The molecule has 0 bridgehead atoms. The largest absolute Gasteiger partial charge is 0.399 e. The summed E-state index contributed by atoms with van der Waals surface area (Å²) in [6, 6.07) is 9.30. The van der Waals surface area contributed by atoms with Crippen molar-refractivity contribution in [2.45, 2.75) is 0 Å². The Kier molecular flexibility index (Phi) is 3.83. The maximum atomic E-state index is 14.3. The highest BCUT2D eigenvalue weighted by atomic mass is 19.2. The van der Waals surface area contributed by atoms with E-state index in [4.69, 9.17) is 10.3 Å². The Hall–Kier alpha value is -4.07. The predicted octanol–water partition coefficient (Wildman–Crippen LogP) is 4.81. The first-order chi connectivity index (χ1) is 14.1. The Balaban J connectivity index is 1.68. The molecule has 4 aromatic heterocycles. The summed E-state index contributed by atoms with van der Waals surface area (Å²) in [4.78, 5) is 11.8. The number of pyridine rings is 2. The lowest BCUT2D eigenvalue weighted by Crippen LogP contribution is -1.90. The minimum atomic E-state index is -0.959. The van der Waals surface area contributed by atoms with Crippen LogP contribution in [0.15, 0.2) is 65.7 Å². The van der Waals surface area contributed by atoms with E-state index in [0.717, 1.165) is 17.0 Å². The summed E-state index contributed by atoms with van der Waals surface area (Å²) in [5, 5.41) is 4.52. The Morgan fingerprint density at radius 2 is 1.86 bits per heavy atom. The second-order valence-corrected chi connectivity index (χ2v) is 6.47. The smallest absolute Gasteiger partial charge is 0.176 e. The summed E-state index contributed by atoms with van der Waals surface area (Å²) in [6.07, 6.45) is 6.35. The number of nitrogens with one attached hydrogen (secondary N) is 1. The highest BCUT2D eigenvalue weighted by Gasteiger charge is 2.21. The normalized spacial score (nSPS) is 11.2. The van der Waals surface area contributed by atoms with Crippen molar-refractivity contribution in [1.29, 1.82) is 0 Å². The van der Waals surface area contributed by atoms with E-state index in [1.807, 2.05) is 6.07 Å². The zero-order valence-corrected chi connectivity index (χ0v) is 14.9. The van der Waals surface area contributed by atoms with Gasteiger partial charge in [0.1, 0.15) is 5.65 Å². The van der Waals surface area contributed by atoms with Crippen LogP contribution in [0.25, 0.3) is 44.7 Å². The van der Waals surface area contributed by atoms with Crippen LogP contribution in [0.5, 0.6) is 0 Å². The molecule has 3 N–H and O–H groups in total. The lowest BCUT2D eigenvalue weighted by molar-refractivity contribution is 0.432. The van der Waals surface area contributed by atoms with Gasteiger partial charge in [-0.1, -0.05) is 17.3 Å². The molecule has 0 amide bonds. The van der Waals surface area contributed by atoms with Gasteiger partial charge in [-0.25, -0.2) is 13.8 Å². The number of hydrogen-bond acceptors (Lipinski definition) is 5. The summed E-state index contributed by atoms with van der Waals surface area (Å²) in [5.74, 6) is -1.59. The molecule has 0 saturated heterocycles. The quantitative estimate of drug-likeness (QED) is 0.462. The highest BCUT2D eigenvalue weighted by Crippen LogP contribution is 2.38. The number of nitrogens with two attached hydrogens (primary N) is 1. The number of fused-ring (bicyclic) bond motifs is 1. The molecule has 0 atom stereocenters. The predicted molar refractivity (Wildman–Crippen MR) is 105 cm³/mol. The van der Waals surface area contributed by atoms with Crippen LogP contribution in [0.2, 0.25) is 0 Å². The van der Waals surface area contributed by atoms with Crippen LogP contribution in [0.3, 0.4) is 0 Å². The molecule has 8 heteroatoms. The molecule has 0 aliphatic carbocycles. The minimum absolute atomic E-state index is 0.0669. The number of benzene rings is 1. The molecule has 0 radical (unpaired) electrons. The first kappa shape index (κ1) is 17.1. The SMILES string of the molecule is Nc1ccnc(-c2cnc3[nH]cc(-c4oncc4-c4cccc(F)c4F)c3c2)c1. The van der Waals surface area contributed by atoms with E-state index in [2.05, 4.69) is 20.1 Å². The second kappa shape index (κ2) is 6.52. The van der Waals surface area contributed by atoms with Gasteiger partial charge in [0.2, 0.25) is 0 Å². The topological polar surface area (TPSA) is 93.6 Å². The number of nitrogens with zero attached hydrogens (tertiary/aromatic N) is 3. The number of H-pyrrole nitrogens is 1. The molecule has 5 aromatic rings. The monoisotopic (exact) mass is 389 g/mol. The summed E-state index contributed by atoms with van der Waals surface area (Å²) < 4.78 is 33.5. The molecule has 0 aliphatic heterocycles. The zero-order chi connectivity index (χ0) is 20.0. The molecular weight excluding hydrogens is 376 g/mol. The van der Waals surface area contributed by atoms with E-state index in [0.29, 0.717) is 33.9 Å². The lowest BCUT2D eigenvalue weighted by atomic mass is 10.0. The minimum Gasteiger partial charge on any atom is -0.399 e. The third kappa shape index (κ3) is 2.82. The number of aromatic amines is 1. The number of aromatic nitrogens is 4. The molecule has 0 saturated carbocycles. The van der Waals surface area contributed by atoms with Gasteiger partial charge in [-0.05, 0) is 24.3 Å². The van der Waals surface area contributed by atoms with Gasteiger partial charge in [0.15, 0.2) is 17.4 Å². The number of hydrogen-bond donors (Lipinski definition) is 2. The maximum Gasteiger partial charge on any atom is 0.176 e. The van der Waals surface area contributed by atoms with Crippen LogP contribution in [-0.4, -0.2) is 20.1 Å². The summed E-state index contributed by atoms with van der Waals surface area (Å²) in [7, 11) is 0. The number of halogens is 2. The van der Waals surface area contributed by atoms with Crippen molar-refractivity contribution < 1.29 is 13.3 Å². The average Bonchev–Trinajstić information content (AvgIpc) is 3.36. The van der Waals surface area contributed by atoms with Crippen LogP contribution < -0.4 is 5.73 Å². The lowest BCUT2D eigenvalue weighted by Gasteiger charge is -2.04. The number of rotatable bonds is 3. The molecule has 142 valence electrons. The molecule has 4 heterocycles. The van der Waals surface area contributed by atoms with Crippen LogP contribution in [0.1, 0.15) is 0 Å². The van der Waals surface area contributed by atoms with Crippen LogP contribution in [0, 0.1) is 11.6 Å². The van der Waals surface area contributed by atoms with Gasteiger partial charge in [-0.2, -0.15) is 0 Å². The first-order valence-electron chi connectivity index (χ1n) is 8.70. The fourth-order valence-corrected chi connectivity index (χ4v) is 3.27. The molecule has 5 rings (SSSR count). The van der Waals surface area contributed by atoms with Crippen molar-refractivity contribution in [2.24, 2.45) is 0 Å². The fourth-order valence-electron chi connectivity index (χ4n) is 3.27. The molecule has 0 spiro atoms. The molecule has 1 aromatic carbocycles. The van der Waals surface area contributed by atoms with E-state index >= 15 is 0 Å². The molecule has 0 aliphatic rings. The van der Waals surface area contributed by atoms with Gasteiger partial charge in [0.05, 0.1) is 17.5 Å². The number of anilines is 1. The van der Waals surface area contributed by atoms with E-state index in [1.54, 1.807) is 30.7 Å². The molecule has 0 fully saturated rings. The molecular formula is C21H13F2N5O. The third-order valence-electron chi connectivity index (χ3n) is 4.67. The Labute approximate surface area is 163 Å². The van der Waals surface area contributed by atoms with Crippen molar-refractivity contribution in [3.05, 3.63) is 72.8 Å². The van der Waals surface area contributed by atoms with Crippen molar-refractivity contribution in [2.75, 3.05) is 5.73 Å². The van der Waals surface area contributed by atoms with E-state index in [9.17, 15) is 8.78 Å².